The summed E-state index contributed by atoms with van der Waals surface area (Å²) in [5, 5.41) is 2.90. The molecule has 5 nitrogen and oxygen atoms in total. The van der Waals surface area contributed by atoms with Crippen LogP contribution in [-0.4, -0.2) is 36.2 Å². The Morgan fingerprint density at radius 1 is 1.29 bits per heavy atom. The van der Waals surface area contributed by atoms with E-state index >= 15 is 0 Å². The minimum Gasteiger partial charge on any atom is -0.458 e. The number of carbonyl (C=O) groups excluding carboxylic acids is 2. The van der Waals surface area contributed by atoms with Gasteiger partial charge in [0.1, 0.15) is 11.6 Å². The van der Waals surface area contributed by atoms with Crippen LogP contribution in [0.5, 0.6) is 0 Å². The number of amides is 1. The lowest BCUT2D eigenvalue weighted by molar-refractivity contribution is -0.160. The van der Waals surface area contributed by atoms with E-state index in [4.69, 9.17) is 9.47 Å². The van der Waals surface area contributed by atoms with E-state index in [-0.39, 0.29) is 29.8 Å². The van der Waals surface area contributed by atoms with Gasteiger partial charge in [-0.3, -0.25) is 4.79 Å². The third-order valence-electron chi connectivity index (χ3n) is 4.07. The van der Waals surface area contributed by atoms with Crippen molar-refractivity contribution in [2.45, 2.75) is 78.0 Å². The minimum absolute atomic E-state index is 0.0276. The van der Waals surface area contributed by atoms with Gasteiger partial charge in [0, 0.05) is 5.92 Å². The summed E-state index contributed by atoms with van der Waals surface area (Å²) in [7, 11) is 0. The summed E-state index contributed by atoms with van der Waals surface area (Å²) in [5.74, 6) is -0.593. The van der Waals surface area contributed by atoms with Crippen molar-refractivity contribution in [3.05, 3.63) is 12.7 Å². The maximum absolute atomic E-state index is 12.6. The van der Waals surface area contributed by atoms with Crippen LogP contribution in [0, 0.1) is 11.8 Å². The summed E-state index contributed by atoms with van der Waals surface area (Å²) in [5.41, 5.74) is -0.566. The number of ether oxygens (including phenoxy) is 2. The maximum atomic E-state index is 12.6. The van der Waals surface area contributed by atoms with Gasteiger partial charge in [-0.05, 0) is 46.0 Å². The lowest BCUT2D eigenvalue weighted by atomic mass is 9.86. The topological polar surface area (TPSA) is 64.6 Å². The Morgan fingerprint density at radius 3 is 2.50 bits per heavy atom. The Hall–Kier alpha value is -1.36. The van der Waals surface area contributed by atoms with Crippen molar-refractivity contribution in [2.75, 3.05) is 6.61 Å². The fourth-order valence-electron chi connectivity index (χ4n) is 2.87. The van der Waals surface area contributed by atoms with Crippen LogP contribution in [0.15, 0.2) is 12.7 Å². The Morgan fingerprint density at radius 2 is 1.96 bits per heavy atom. The highest BCUT2D eigenvalue weighted by Gasteiger charge is 2.33. The van der Waals surface area contributed by atoms with E-state index < -0.39 is 11.6 Å². The molecule has 1 N–H and O–H groups in total. The number of nitrogens with one attached hydrogen (secondary N) is 1. The molecule has 0 radical (unpaired) electrons. The van der Waals surface area contributed by atoms with Gasteiger partial charge < -0.3 is 14.8 Å². The van der Waals surface area contributed by atoms with Gasteiger partial charge in [0.2, 0.25) is 5.91 Å². The van der Waals surface area contributed by atoms with E-state index in [2.05, 4.69) is 11.9 Å². The third-order valence-corrected chi connectivity index (χ3v) is 4.07. The van der Waals surface area contributed by atoms with Gasteiger partial charge in [0.05, 0.1) is 12.7 Å². The average molecular weight is 339 g/mol. The van der Waals surface area contributed by atoms with Gasteiger partial charge in [0.25, 0.3) is 0 Å². The van der Waals surface area contributed by atoms with Crippen molar-refractivity contribution in [1.29, 1.82) is 0 Å². The summed E-state index contributed by atoms with van der Waals surface area (Å²) in [4.78, 5) is 25.0. The second-order valence-corrected chi connectivity index (χ2v) is 7.87. The molecule has 1 aliphatic rings. The molecule has 1 amide bonds. The molecule has 0 aromatic rings. The molecule has 0 aliphatic heterocycles. The number of hydrogen-bond donors (Lipinski definition) is 1. The zero-order chi connectivity index (χ0) is 18.3. The van der Waals surface area contributed by atoms with Gasteiger partial charge in [-0.2, -0.15) is 0 Å². The van der Waals surface area contributed by atoms with Gasteiger partial charge in [-0.15, -0.1) is 6.58 Å². The Balaban J connectivity index is 2.64. The smallest absolute Gasteiger partial charge is 0.329 e. The highest BCUT2D eigenvalue weighted by atomic mass is 16.6. The van der Waals surface area contributed by atoms with E-state index in [9.17, 15) is 9.59 Å². The van der Waals surface area contributed by atoms with Crippen molar-refractivity contribution in [3.8, 4) is 0 Å². The largest absolute Gasteiger partial charge is 0.458 e. The highest BCUT2D eigenvalue weighted by molar-refractivity contribution is 5.86. The molecule has 0 saturated heterocycles. The summed E-state index contributed by atoms with van der Waals surface area (Å²) in [6.07, 6.45) is 5.26. The van der Waals surface area contributed by atoms with Crippen LogP contribution in [0.4, 0.5) is 0 Å². The van der Waals surface area contributed by atoms with Crippen LogP contribution < -0.4 is 5.32 Å². The predicted octanol–water partition coefficient (Wildman–Crippen LogP) is 3.23. The van der Waals surface area contributed by atoms with Crippen molar-refractivity contribution in [3.63, 3.8) is 0 Å². The van der Waals surface area contributed by atoms with E-state index in [1.54, 1.807) is 6.08 Å². The first kappa shape index (κ1) is 20.7. The lowest BCUT2D eigenvalue weighted by Crippen LogP contribution is -2.49. The molecule has 138 valence electrons. The Kier molecular flexibility index (Phi) is 7.94. The zero-order valence-corrected chi connectivity index (χ0v) is 15.8. The summed E-state index contributed by atoms with van der Waals surface area (Å²) < 4.78 is 11.1. The first-order valence-corrected chi connectivity index (χ1v) is 8.89. The maximum Gasteiger partial charge on any atom is 0.329 e. The Labute approximate surface area is 146 Å². The first-order chi connectivity index (χ1) is 11.1. The Bertz CT molecular complexity index is 439. The number of hydrogen-bond acceptors (Lipinski definition) is 4. The number of carbonyl (C=O) groups is 2. The van der Waals surface area contributed by atoms with Crippen LogP contribution in [0.3, 0.4) is 0 Å². The fraction of sp³-hybridized carbons (Fsp3) is 0.789. The second-order valence-electron chi connectivity index (χ2n) is 7.87. The molecule has 3 atom stereocenters. The average Bonchev–Trinajstić information content (AvgIpc) is 2.48. The first-order valence-electron chi connectivity index (χ1n) is 8.89. The standard InChI is InChI=1S/C19H33NO4/c1-7-11-23-15-10-8-9-14(12-15)17(21)20-16(13(2)3)18(22)24-19(4,5)6/h7,13-16H,1,8-12H2,2-6H3,(H,20,21)/t14?,15?,16-/m0/s1. The summed E-state index contributed by atoms with van der Waals surface area (Å²) in [6.45, 7) is 13.5. The number of rotatable bonds is 7. The number of esters is 1. The van der Waals surface area contributed by atoms with E-state index in [1.807, 2.05) is 34.6 Å². The molecule has 0 spiro atoms. The summed E-state index contributed by atoms with van der Waals surface area (Å²) >= 11 is 0. The van der Waals surface area contributed by atoms with Crippen LogP contribution in [0.25, 0.3) is 0 Å². The molecule has 1 fully saturated rings. The lowest BCUT2D eigenvalue weighted by Gasteiger charge is -2.31. The normalized spacial score (nSPS) is 22.8. The molecular formula is C19H33NO4. The van der Waals surface area contributed by atoms with E-state index in [1.165, 1.54) is 0 Å². The molecule has 0 bridgehead atoms. The van der Waals surface area contributed by atoms with Gasteiger partial charge in [-0.25, -0.2) is 4.79 Å². The molecular weight excluding hydrogens is 306 g/mol. The van der Waals surface area contributed by atoms with Crippen molar-refractivity contribution >= 4 is 11.9 Å². The third kappa shape index (κ3) is 7.04. The van der Waals surface area contributed by atoms with Crippen LogP contribution in [0.1, 0.15) is 60.3 Å². The van der Waals surface area contributed by atoms with E-state index in [0.29, 0.717) is 13.0 Å². The van der Waals surface area contributed by atoms with Crippen molar-refractivity contribution < 1.29 is 19.1 Å². The predicted molar refractivity (Wildman–Crippen MR) is 94.5 cm³/mol. The molecule has 1 rings (SSSR count). The highest BCUT2D eigenvalue weighted by Crippen LogP contribution is 2.27. The molecule has 1 saturated carbocycles. The molecule has 24 heavy (non-hydrogen) atoms. The molecule has 0 heterocycles. The monoisotopic (exact) mass is 339 g/mol. The van der Waals surface area contributed by atoms with Gasteiger partial charge >= 0.3 is 5.97 Å². The minimum atomic E-state index is -0.619. The van der Waals surface area contributed by atoms with Gasteiger partial charge in [-0.1, -0.05) is 26.3 Å². The van der Waals surface area contributed by atoms with E-state index in [0.717, 1.165) is 19.3 Å². The summed E-state index contributed by atoms with van der Waals surface area (Å²) in [6, 6.07) is -0.619. The second kappa shape index (κ2) is 9.21. The van der Waals surface area contributed by atoms with Crippen molar-refractivity contribution in [1.82, 2.24) is 5.32 Å². The van der Waals surface area contributed by atoms with Crippen LogP contribution in [-0.2, 0) is 19.1 Å². The zero-order valence-electron chi connectivity index (χ0n) is 15.8. The molecule has 0 aromatic heterocycles. The molecule has 0 aromatic carbocycles. The van der Waals surface area contributed by atoms with Crippen LogP contribution >= 0.6 is 0 Å². The van der Waals surface area contributed by atoms with Crippen molar-refractivity contribution in [2.24, 2.45) is 11.8 Å². The van der Waals surface area contributed by atoms with Crippen LogP contribution in [0.2, 0.25) is 0 Å². The quantitative estimate of drug-likeness (QED) is 0.571. The fourth-order valence-corrected chi connectivity index (χ4v) is 2.87. The van der Waals surface area contributed by atoms with Gasteiger partial charge in [0.15, 0.2) is 0 Å². The SMILES string of the molecule is C=CCOC1CCCC(C(=O)N[C@H](C(=O)OC(C)(C)C)C(C)C)C1. The molecule has 1 aliphatic carbocycles. The molecule has 5 heteroatoms. The molecule has 2 unspecified atom stereocenters.